The number of nitrogen functional groups attached to an aromatic ring is 1. The lowest BCUT2D eigenvalue weighted by molar-refractivity contribution is -0.384. The monoisotopic (exact) mass is 223 g/mol. The molecule has 7 nitrogen and oxygen atoms in total. The van der Waals surface area contributed by atoms with Crippen LogP contribution in [0.2, 0.25) is 0 Å². The Balaban J connectivity index is 2.35. The third-order valence-electron chi connectivity index (χ3n) is 2.59. The highest BCUT2D eigenvalue weighted by Crippen LogP contribution is 2.25. The van der Waals surface area contributed by atoms with Crippen LogP contribution in [-0.4, -0.2) is 23.0 Å². The van der Waals surface area contributed by atoms with Gasteiger partial charge >= 0.3 is 0 Å². The van der Waals surface area contributed by atoms with E-state index in [9.17, 15) is 10.1 Å². The van der Waals surface area contributed by atoms with E-state index in [0.29, 0.717) is 11.6 Å². The van der Waals surface area contributed by atoms with Gasteiger partial charge in [-0.25, -0.2) is 10.8 Å². The first-order valence-corrected chi connectivity index (χ1v) is 5.09. The number of nitrogens with one attached hydrogen (secondary N) is 1. The van der Waals surface area contributed by atoms with Crippen LogP contribution in [0.1, 0.15) is 12.8 Å². The molecule has 0 atom stereocenters. The van der Waals surface area contributed by atoms with Crippen LogP contribution < -0.4 is 16.2 Å². The van der Waals surface area contributed by atoms with E-state index in [-0.39, 0.29) is 5.69 Å². The van der Waals surface area contributed by atoms with Gasteiger partial charge in [0.2, 0.25) is 0 Å². The average Bonchev–Trinajstić information content (AvgIpc) is 2.81. The lowest BCUT2D eigenvalue weighted by Gasteiger charge is -2.16. The van der Waals surface area contributed by atoms with E-state index in [4.69, 9.17) is 5.84 Å². The quantitative estimate of drug-likeness (QED) is 0.448. The summed E-state index contributed by atoms with van der Waals surface area (Å²) in [6.07, 6.45) is 2.19. The van der Waals surface area contributed by atoms with E-state index < -0.39 is 4.92 Å². The molecule has 0 radical (unpaired) electrons. The molecule has 3 N–H and O–H groups in total. The second-order valence-corrected chi connectivity index (χ2v) is 3.66. The van der Waals surface area contributed by atoms with Crippen molar-refractivity contribution >= 4 is 17.3 Å². The molecule has 1 aromatic heterocycles. The first kappa shape index (κ1) is 10.6. The Labute approximate surface area is 92.4 Å². The summed E-state index contributed by atoms with van der Waals surface area (Å²) in [4.78, 5) is 16.5. The van der Waals surface area contributed by atoms with Crippen LogP contribution in [-0.2, 0) is 0 Å². The maximum atomic E-state index is 10.7. The van der Waals surface area contributed by atoms with Gasteiger partial charge < -0.3 is 10.3 Å². The highest BCUT2D eigenvalue weighted by Gasteiger charge is 2.18. The maximum Gasteiger partial charge on any atom is 0.276 e. The third kappa shape index (κ3) is 2.03. The van der Waals surface area contributed by atoms with Crippen molar-refractivity contribution in [3.05, 3.63) is 22.2 Å². The number of nitrogens with zero attached hydrogens (tertiary/aromatic N) is 3. The van der Waals surface area contributed by atoms with Gasteiger partial charge in [-0.3, -0.25) is 10.1 Å². The normalized spacial score (nSPS) is 15.2. The van der Waals surface area contributed by atoms with Crippen LogP contribution in [0.3, 0.4) is 0 Å². The van der Waals surface area contributed by atoms with Crippen molar-refractivity contribution in [2.45, 2.75) is 12.8 Å². The molecular formula is C9H13N5O2. The molecule has 0 spiro atoms. The van der Waals surface area contributed by atoms with Crippen molar-refractivity contribution < 1.29 is 4.92 Å². The van der Waals surface area contributed by atoms with Crippen LogP contribution in [0.15, 0.2) is 12.1 Å². The number of anilines is 2. The Morgan fingerprint density at radius 1 is 1.44 bits per heavy atom. The molecule has 0 saturated carbocycles. The Morgan fingerprint density at radius 3 is 2.69 bits per heavy atom. The number of pyridine rings is 1. The van der Waals surface area contributed by atoms with Crippen molar-refractivity contribution in [2.75, 3.05) is 23.4 Å². The van der Waals surface area contributed by atoms with Crippen molar-refractivity contribution in [2.24, 2.45) is 5.84 Å². The zero-order chi connectivity index (χ0) is 11.5. The predicted octanol–water partition coefficient (Wildman–Crippen LogP) is 0.876. The Hall–Kier alpha value is -1.89. The highest BCUT2D eigenvalue weighted by atomic mass is 16.6. The van der Waals surface area contributed by atoms with E-state index in [1.807, 2.05) is 4.90 Å². The molecule has 0 aromatic carbocycles. The van der Waals surface area contributed by atoms with Gasteiger partial charge in [-0.1, -0.05) is 0 Å². The van der Waals surface area contributed by atoms with Gasteiger partial charge in [-0.05, 0) is 12.8 Å². The zero-order valence-electron chi connectivity index (χ0n) is 8.72. The summed E-state index contributed by atoms with van der Waals surface area (Å²) in [6, 6.07) is 2.80. The SMILES string of the molecule is NNc1cc([N+](=O)[O-])cc(N2CCCC2)n1. The summed E-state index contributed by atoms with van der Waals surface area (Å²) in [7, 11) is 0. The van der Waals surface area contributed by atoms with E-state index in [0.717, 1.165) is 25.9 Å². The van der Waals surface area contributed by atoms with Gasteiger partial charge in [0.1, 0.15) is 11.6 Å². The molecule has 1 fully saturated rings. The lowest BCUT2D eigenvalue weighted by Crippen LogP contribution is -2.20. The average molecular weight is 223 g/mol. The number of aromatic nitrogens is 1. The molecule has 86 valence electrons. The van der Waals surface area contributed by atoms with Crippen LogP contribution in [0.25, 0.3) is 0 Å². The molecule has 16 heavy (non-hydrogen) atoms. The minimum absolute atomic E-state index is 0.00449. The summed E-state index contributed by atoms with van der Waals surface area (Å²) in [5, 5.41) is 10.7. The molecule has 0 aliphatic carbocycles. The Bertz CT molecular complexity index is 403. The fraction of sp³-hybridized carbons (Fsp3) is 0.444. The molecule has 1 aliphatic rings. The van der Waals surface area contributed by atoms with Gasteiger partial charge in [0.25, 0.3) is 5.69 Å². The lowest BCUT2D eigenvalue weighted by atomic mass is 10.3. The molecule has 1 aliphatic heterocycles. The van der Waals surface area contributed by atoms with Crippen molar-refractivity contribution in [3.8, 4) is 0 Å². The zero-order valence-corrected chi connectivity index (χ0v) is 8.72. The molecule has 1 saturated heterocycles. The smallest absolute Gasteiger partial charge is 0.276 e. The molecule has 0 amide bonds. The van der Waals surface area contributed by atoms with Gasteiger partial charge in [-0.2, -0.15) is 0 Å². The number of hydrazine groups is 1. The third-order valence-corrected chi connectivity index (χ3v) is 2.59. The minimum Gasteiger partial charge on any atom is -0.356 e. The number of nitrogens with two attached hydrogens (primary N) is 1. The molecule has 0 unspecified atom stereocenters. The number of nitro groups is 1. The fourth-order valence-electron chi connectivity index (χ4n) is 1.79. The van der Waals surface area contributed by atoms with Gasteiger partial charge in [0.15, 0.2) is 0 Å². The van der Waals surface area contributed by atoms with Gasteiger partial charge in [-0.15, -0.1) is 0 Å². The number of hydrogen-bond donors (Lipinski definition) is 2. The van der Waals surface area contributed by atoms with Crippen LogP contribution in [0, 0.1) is 10.1 Å². The van der Waals surface area contributed by atoms with E-state index >= 15 is 0 Å². The topological polar surface area (TPSA) is 97.3 Å². The van der Waals surface area contributed by atoms with Crippen LogP contribution in [0.5, 0.6) is 0 Å². The van der Waals surface area contributed by atoms with Crippen LogP contribution in [0.4, 0.5) is 17.3 Å². The summed E-state index contributed by atoms with van der Waals surface area (Å²) in [5.41, 5.74) is 2.35. The standard InChI is InChI=1S/C9H13N5O2/c10-12-8-5-7(14(15)16)6-9(11-8)13-3-1-2-4-13/h5-6H,1-4,10H2,(H,11,12). The van der Waals surface area contributed by atoms with Crippen molar-refractivity contribution in [3.63, 3.8) is 0 Å². The summed E-state index contributed by atoms with van der Waals surface area (Å²) < 4.78 is 0. The highest BCUT2D eigenvalue weighted by molar-refractivity contribution is 5.55. The molecule has 1 aromatic rings. The maximum absolute atomic E-state index is 10.7. The van der Waals surface area contributed by atoms with Gasteiger partial charge in [0.05, 0.1) is 17.1 Å². The molecular weight excluding hydrogens is 210 g/mol. The largest absolute Gasteiger partial charge is 0.356 e. The first-order valence-electron chi connectivity index (χ1n) is 5.09. The summed E-state index contributed by atoms with van der Waals surface area (Å²) >= 11 is 0. The van der Waals surface area contributed by atoms with Crippen molar-refractivity contribution in [1.29, 1.82) is 0 Å². The number of hydrogen-bond acceptors (Lipinski definition) is 6. The second-order valence-electron chi connectivity index (χ2n) is 3.66. The van der Waals surface area contributed by atoms with Crippen molar-refractivity contribution in [1.82, 2.24) is 4.98 Å². The summed E-state index contributed by atoms with van der Waals surface area (Å²) in [6.45, 7) is 1.77. The first-order chi connectivity index (χ1) is 7.70. The molecule has 0 bridgehead atoms. The fourth-order valence-corrected chi connectivity index (χ4v) is 1.79. The number of rotatable bonds is 3. The molecule has 2 heterocycles. The summed E-state index contributed by atoms with van der Waals surface area (Å²) in [5.74, 6) is 6.16. The Kier molecular flexibility index (Phi) is 2.86. The molecule has 2 rings (SSSR count). The van der Waals surface area contributed by atoms with Gasteiger partial charge in [0, 0.05) is 13.1 Å². The predicted molar refractivity (Wildman–Crippen MR) is 60.1 cm³/mol. The van der Waals surface area contributed by atoms with Crippen LogP contribution >= 0.6 is 0 Å². The second kappa shape index (κ2) is 4.31. The van der Waals surface area contributed by atoms with E-state index in [2.05, 4.69) is 10.4 Å². The Morgan fingerprint density at radius 2 is 2.12 bits per heavy atom. The molecule has 7 heteroatoms. The minimum atomic E-state index is -0.442. The van der Waals surface area contributed by atoms with E-state index in [1.54, 1.807) is 0 Å². The van der Waals surface area contributed by atoms with E-state index in [1.165, 1.54) is 12.1 Å².